The maximum atomic E-state index is 13.6. The number of carbonyl (C=O) groups excluding carboxylic acids is 3. The Morgan fingerprint density at radius 1 is 0.763 bits per heavy atom. The van der Waals surface area contributed by atoms with Crippen LogP contribution in [0.15, 0.2) is 109 Å². The first-order valence-electron chi connectivity index (χ1n) is 12.1. The van der Waals surface area contributed by atoms with Crippen molar-refractivity contribution in [3.05, 3.63) is 137 Å². The number of aromatic amines is 1. The Balaban J connectivity index is 1.44. The van der Waals surface area contributed by atoms with Gasteiger partial charge in [-0.3, -0.25) is 14.4 Å². The number of fused-ring (bicyclic) bond motifs is 1. The minimum Gasteiger partial charge on any atom is -0.361 e. The van der Waals surface area contributed by atoms with Crippen LogP contribution in [-0.4, -0.2) is 28.6 Å². The number of anilines is 1. The van der Waals surface area contributed by atoms with E-state index in [9.17, 15) is 14.4 Å². The van der Waals surface area contributed by atoms with Gasteiger partial charge in [-0.15, -0.1) is 0 Å². The summed E-state index contributed by atoms with van der Waals surface area (Å²) < 4.78 is 0. The Hall–Kier alpha value is -4.68. The molecule has 0 saturated carbocycles. The Morgan fingerprint density at radius 2 is 1.45 bits per heavy atom. The van der Waals surface area contributed by atoms with Crippen LogP contribution in [0.25, 0.3) is 10.9 Å². The van der Waals surface area contributed by atoms with Crippen LogP contribution >= 0.6 is 11.6 Å². The molecule has 5 aromatic rings. The minimum atomic E-state index is -0.919. The van der Waals surface area contributed by atoms with Crippen LogP contribution < -0.4 is 10.6 Å². The molecule has 0 spiro atoms. The number of H-pyrrole nitrogens is 1. The standard InChI is InChI=1S/C31H24ClN3O3/c32-23-16-14-21(15-17-23)30(37)35-28(18-22-19-33-26-12-6-4-10-24(22)26)31(38)34-27-13-7-5-11-25(27)29(36)20-8-2-1-3-9-20/h1-17,19,28,33H,18H2,(H,34,38)(H,35,37)/t28-/m0/s1. The molecule has 1 aromatic heterocycles. The SMILES string of the molecule is O=C(N[C@@H](Cc1c[nH]c2ccccc12)C(=O)Nc1ccccc1C(=O)c1ccccc1)c1ccc(Cl)cc1. The molecule has 0 aliphatic heterocycles. The van der Waals surface area contributed by atoms with Crippen LogP contribution in [0.2, 0.25) is 5.02 Å². The van der Waals surface area contributed by atoms with E-state index in [-0.39, 0.29) is 12.2 Å². The first kappa shape index (κ1) is 25.0. The fraction of sp³-hybridized carbons (Fsp3) is 0.0645. The van der Waals surface area contributed by atoms with Gasteiger partial charge in [-0.05, 0) is 48.0 Å². The molecule has 1 atom stereocenters. The molecule has 7 heteroatoms. The largest absolute Gasteiger partial charge is 0.361 e. The van der Waals surface area contributed by atoms with Gasteiger partial charge < -0.3 is 15.6 Å². The predicted molar refractivity (Wildman–Crippen MR) is 150 cm³/mol. The van der Waals surface area contributed by atoms with Crippen LogP contribution in [0.4, 0.5) is 5.69 Å². The van der Waals surface area contributed by atoms with Gasteiger partial charge in [-0.1, -0.05) is 72.3 Å². The Morgan fingerprint density at radius 3 is 2.24 bits per heavy atom. The smallest absolute Gasteiger partial charge is 0.251 e. The molecule has 0 fully saturated rings. The molecule has 1 heterocycles. The molecule has 0 radical (unpaired) electrons. The number of para-hydroxylation sites is 2. The van der Waals surface area contributed by atoms with E-state index >= 15 is 0 Å². The lowest BCUT2D eigenvalue weighted by molar-refractivity contribution is -0.118. The molecule has 4 aromatic carbocycles. The Labute approximate surface area is 224 Å². The molecule has 3 N–H and O–H groups in total. The third-order valence-corrected chi connectivity index (χ3v) is 6.54. The molecule has 5 rings (SSSR count). The number of hydrogen-bond donors (Lipinski definition) is 3. The molecule has 0 bridgehead atoms. The van der Waals surface area contributed by atoms with E-state index in [1.54, 1.807) is 72.8 Å². The molecule has 2 amide bonds. The number of carbonyl (C=O) groups is 3. The third kappa shape index (κ3) is 5.51. The number of rotatable bonds is 8. The summed E-state index contributed by atoms with van der Waals surface area (Å²) in [6, 6.07) is 29.0. The van der Waals surface area contributed by atoms with Crippen molar-refractivity contribution in [2.45, 2.75) is 12.5 Å². The minimum absolute atomic E-state index is 0.208. The maximum absolute atomic E-state index is 13.6. The summed E-state index contributed by atoms with van der Waals surface area (Å²) in [4.78, 5) is 43.1. The summed E-state index contributed by atoms with van der Waals surface area (Å²) in [5.41, 5.74) is 3.44. The van der Waals surface area contributed by atoms with Gasteiger partial charge in [0.2, 0.25) is 5.91 Å². The predicted octanol–water partition coefficient (Wildman–Crippen LogP) is 6.03. The number of halogens is 1. The molecule has 0 aliphatic rings. The van der Waals surface area contributed by atoms with Crippen molar-refractivity contribution < 1.29 is 14.4 Å². The van der Waals surface area contributed by atoms with Crippen LogP contribution in [-0.2, 0) is 11.2 Å². The van der Waals surface area contributed by atoms with Gasteiger partial charge in [-0.25, -0.2) is 0 Å². The number of benzene rings is 4. The molecule has 6 nitrogen and oxygen atoms in total. The van der Waals surface area contributed by atoms with Gasteiger partial charge in [0.25, 0.3) is 5.91 Å². The van der Waals surface area contributed by atoms with Gasteiger partial charge in [0.1, 0.15) is 6.04 Å². The fourth-order valence-corrected chi connectivity index (χ4v) is 4.45. The number of amides is 2. The summed E-state index contributed by atoms with van der Waals surface area (Å²) in [6.45, 7) is 0. The van der Waals surface area contributed by atoms with E-state index in [2.05, 4.69) is 15.6 Å². The van der Waals surface area contributed by atoms with E-state index in [0.29, 0.717) is 27.4 Å². The average molecular weight is 522 g/mol. The second-order valence-electron chi connectivity index (χ2n) is 8.83. The monoisotopic (exact) mass is 521 g/mol. The van der Waals surface area contributed by atoms with E-state index in [4.69, 9.17) is 11.6 Å². The zero-order valence-electron chi connectivity index (χ0n) is 20.3. The zero-order chi connectivity index (χ0) is 26.5. The van der Waals surface area contributed by atoms with Gasteiger partial charge >= 0.3 is 0 Å². The van der Waals surface area contributed by atoms with Crippen molar-refractivity contribution >= 4 is 45.8 Å². The third-order valence-electron chi connectivity index (χ3n) is 6.29. The number of aromatic nitrogens is 1. The Kier molecular flexibility index (Phi) is 7.33. The van der Waals surface area contributed by atoms with Crippen molar-refractivity contribution in [2.24, 2.45) is 0 Å². The van der Waals surface area contributed by atoms with E-state index in [1.165, 1.54) is 0 Å². The van der Waals surface area contributed by atoms with E-state index in [1.807, 2.05) is 36.5 Å². The fourth-order valence-electron chi connectivity index (χ4n) is 4.33. The molecular weight excluding hydrogens is 498 g/mol. The van der Waals surface area contributed by atoms with Gasteiger partial charge in [-0.2, -0.15) is 0 Å². The van der Waals surface area contributed by atoms with E-state index < -0.39 is 17.9 Å². The van der Waals surface area contributed by atoms with Crippen LogP contribution in [0.3, 0.4) is 0 Å². The topological polar surface area (TPSA) is 91.1 Å². The summed E-state index contributed by atoms with van der Waals surface area (Å²) in [5, 5.41) is 7.22. The zero-order valence-corrected chi connectivity index (χ0v) is 21.0. The first-order chi connectivity index (χ1) is 18.5. The van der Waals surface area contributed by atoms with Gasteiger partial charge in [0, 0.05) is 45.2 Å². The summed E-state index contributed by atoms with van der Waals surface area (Å²) >= 11 is 5.97. The average Bonchev–Trinajstić information content (AvgIpc) is 3.36. The molecule has 0 aliphatic carbocycles. The van der Waals surface area contributed by atoms with Crippen LogP contribution in [0.5, 0.6) is 0 Å². The van der Waals surface area contributed by atoms with E-state index in [0.717, 1.165) is 16.5 Å². The van der Waals surface area contributed by atoms with Crippen molar-refractivity contribution in [1.29, 1.82) is 0 Å². The van der Waals surface area contributed by atoms with Crippen molar-refractivity contribution in [3.8, 4) is 0 Å². The van der Waals surface area contributed by atoms with Crippen LogP contribution in [0.1, 0.15) is 31.8 Å². The summed E-state index contributed by atoms with van der Waals surface area (Å²) in [6.07, 6.45) is 2.08. The lowest BCUT2D eigenvalue weighted by Gasteiger charge is -2.20. The maximum Gasteiger partial charge on any atom is 0.251 e. The van der Waals surface area contributed by atoms with Crippen molar-refractivity contribution in [1.82, 2.24) is 10.3 Å². The number of nitrogens with one attached hydrogen (secondary N) is 3. The molecule has 38 heavy (non-hydrogen) atoms. The molecular formula is C31H24ClN3O3. The highest BCUT2D eigenvalue weighted by Crippen LogP contribution is 2.22. The highest BCUT2D eigenvalue weighted by Gasteiger charge is 2.25. The summed E-state index contributed by atoms with van der Waals surface area (Å²) in [5.74, 6) is -1.05. The van der Waals surface area contributed by atoms with Crippen molar-refractivity contribution in [2.75, 3.05) is 5.32 Å². The van der Waals surface area contributed by atoms with Gasteiger partial charge in [0.05, 0.1) is 5.69 Å². The number of ketones is 1. The molecule has 0 unspecified atom stereocenters. The lowest BCUT2D eigenvalue weighted by Crippen LogP contribution is -2.45. The highest BCUT2D eigenvalue weighted by atomic mass is 35.5. The summed E-state index contributed by atoms with van der Waals surface area (Å²) in [7, 11) is 0. The highest BCUT2D eigenvalue weighted by molar-refractivity contribution is 6.30. The van der Waals surface area contributed by atoms with Gasteiger partial charge in [0.15, 0.2) is 5.78 Å². The van der Waals surface area contributed by atoms with Crippen molar-refractivity contribution in [3.63, 3.8) is 0 Å². The Bertz CT molecular complexity index is 1610. The lowest BCUT2D eigenvalue weighted by atomic mass is 10.0. The molecule has 188 valence electrons. The second-order valence-corrected chi connectivity index (χ2v) is 9.26. The second kappa shape index (κ2) is 11.2. The normalized spacial score (nSPS) is 11.6. The van der Waals surface area contributed by atoms with Crippen LogP contribution in [0, 0.1) is 0 Å². The first-order valence-corrected chi connectivity index (χ1v) is 12.5. The number of hydrogen-bond acceptors (Lipinski definition) is 3. The molecule has 0 saturated heterocycles. The quantitative estimate of drug-likeness (QED) is 0.218.